The third-order valence-corrected chi connectivity index (χ3v) is 4.10. The Morgan fingerprint density at radius 2 is 1.70 bits per heavy atom. The molecule has 2 rings (SSSR count). The average molecular weight is 350 g/mol. The summed E-state index contributed by atoms with van der Waals surface area (Å²) in [5, 5.41) is 10.4. The van der Waals surface area contributed by atoms with Crippen molar-refractivity contribution in [1.29, 1.82) is 0 Å². The maximum Gasteiger partial charge on any atom is 0.307 e. The van der Waals surface area contributed by atoms with E-state index in [1.807, 2.05) is 0 Å². The van der Waals surface area contributed by atoms with E-state index >= 15 is 0 Å². The quantitative estimate of drug-likeness (QED) is 0.733. The highest BCUT2D eigenvalue weighted by Gasteiger charge is 2.16. The highest BCUT2D eigenvalue weighted by Crippen LogP contribution is 2.39. The van der Waals surface area contributed by atoms with E-state index in [0.29, 0.717) is 36.8 Å². The van der Waals surface area contributed by atoms with E-state index in [1.54, 1.807) is 24.3 Å². The second-order valence-electron chi connectivity index (χ2n) is 4.09. The maximum absolute atomic E-state index is 11.0. The van der Waals surface area contributed by atoms with Gasteiger partial charge in [-0.15, -0.1) is 0 Å². The Kier molecular flexibility index (Phi) is 4.82. The summed E-state index contributed by atoms with van der Waals surface area (Å²) in [7, 11) is 0. The van der Waals surface area contributed by atoms with Crippen molar-refractivity contribution in [2.45, 2.75) is 6.42 Å². The molecule has 2 aromatic rings. The minimum atomic E-state index is -0.983. The Balaban J connectivity index is 2.70. The molecule has 0 amide bonds. The highest BCUT2D eigenvalue weighted by molar-refractivity contribution is 6.45. The first-order chi connectivity index (χ1) is 9.40. The maximum atomic E-state index is 11.0. The van der Waals surface area contributed by atoms with Crippen molar-refractivity contribution < 1.29 is 9.90 Å². The molecule has 1 N–H and O–H groups in total. The molecule has 20 heavy (non-hydrogen) atoms. The Morgan fingerprint density at radius 3 is 2.35 bits per heavy atom. The van der Waals surface area contributed by atoms with Crippen LogP contribution in [0.3, 0.4) is 0 Å². The predicted octanol–water partition coefficient (Wildman–Crippen LogP) is 5.59. The van der Waals surface area contributed by atoms with Crippen molar-refractivity contribution in [2.75, 3.05) is 0 Å². The lowest BCUT2D eigenvalue weighted by atomic mass is 9.97. The number of benzene rings is 2. The van der Waals surface area contributed by atoms with Gasteiger partial charge in [0.2, 0.25) is 0 Å². The average Bonchev–Trinajstić information content (AvgIpc) is 2.36. The molecule has 0 aromatic heterocycles. The Morgan fingerprint density at radius 1 is 1.00 bits per heavy atom. The van der Waals surface area contributed by atoms with Crippen molar-refractivity contribution in [3.8, 4) is 11.1 Å². The van der Waals surface area contributed by atoms with Gasteiger partial charge in [-0.3, -0.25) is 4.79 Å². The molecule has 0 spiro atoms. The minimum absolute atomic E-state index is 0.213. The van der Waals surface area contributed by atoms with Crippen LogP contribution in [-0.2, 0) is 11.2 Å². The van der Waals surface area contributed by atoms with E-state index in [0.717, 1.165) is 0 Å². The Bertz CT molecular complexity index is 683. The van der Waals surface area contributed by atoms with Crippen molar-refractivity contribution in [2.24, 2.45) is 0 Å². The van der Waals surface area contributed by atoms with Gasteiger partial charge in [0.25, 0.3) is 0 Å². The van der Waals surface area contributed by atoms with E-state index in [-0.39, 0.29) is 6.42 Å². The molecule has 104 valence electrons. The van der Waals surface area contributed by atoms with Gasteiger partial charge in [0.05, 0.1) is 16.5 Å². The Hall–Kier alpha value is -0.930. The minimum Gasteiger partial charge on any atom is -0.481 e. The van der Waals surface area contributed by atoms with E-state index in [4.69, 9.17) is 51.5 Å². The lowest BCUT2D eigenvalue weighted by Gasteiger charge is -2.13. The van der Waals surface area contributed by atoms with Crippen LogP contribution < -0.4 is 0 Å². The van der Waals surface area contributed by atoms with Crippen molar-refractivity contribution in [3.05, 3.63) is 56.0 Å². The predicted molar refractivity (Wildman–Crippen MR) is 83.3 cm³/mol. The van der Waals surface area contributed by atoms with Gasteiger partial charge in [-0.1, -0.05) is 58.5 Å². The van der Waals surface area contributed by atoms with Crippen LogP contribution in [0, 0.1) is 0 Å². The lowest BCUT2D eigenvalue weighted by Crippen LogP contribution is -2.03. The van der Waals surface area contributed by atoms with Crippen molar-refractivity contribution >= 4 is 52.4 Å². The third-order valence-electron chi connectivity index (χ3n) is 2.73. The van der Waals surface area contributed by atoms with Crippen LogP contribution in [0.25, 0.3) is 11.1 Å². The molecule has 0 radical (unpaired) electrons. The zero-order valence-corrected chi connectivity index (χ0v) is 13.0. The molecule has 0 aliphatic carbocycles. The van der Waals surface area contributed by atoms with Crippen LogP contribution in [0.2, 0.25) is 20.1 Å². The molecule has 2 nitrogen and oxygen atoms in total. The van der Waals surface area contributed by atoms with Gasteiger partial charge < -0.3 is 5.11 Å². The summed E-state index contributed by atoms with van der Waals surface area (Å²) in [6.45, 7) is 0. The van der Waals surface area contributed by atoms with Gasteiger partial charge in [0, 0.05) is 15.6 Å². The molecule has 0 saturated carbocycles. The van der Waals surface area contributed by atoms with Gasteiger partial charge in [-0.05, 0) is 29.3 Å². The topological polar surface area (TPSA) is 37.3 Å². The second-order valence-corrected chi connectivity index (χ2v) is 5.71. The van der Waals surface area contributed by atoms with Gasteiger partial charge >= 0.3 is 5.97 Å². The molecule has 0 unspecified atom stereocenters. The largest absolute Gasteiger partial charge is 0.481 e. The first kappa shape index (κ1) is 15.5. The van der Waals surface area contributed by atoms with Gasteiger partial charge in [-0.2, -0.15) is 0 Å². The molecule has 0 aliphatic rings. The zero-order valence-electron chi connectivity index (χ0n) is 9.96. The summed E-state index contributed by atoms with van der Waals surface area (Å²) in [4.78, 5) is 11.0. The van der Waals surface area contributed by atoms with E-state index in [2.05, 4.69) is 0 Å². The summed E-state index contributed by atoms with van der Waals surface area (Å²) in [6, 6.07) is 8.23. The fraction of sp³-hybridized carbons (Fsp3) is 0.0714. The van der Waals surface area contributed by atoms with Gasteiger partial charge in [0.1, 0.15) is 0 Å². The fourth-order valence-corrected chi connectivity index (χ4v) is 2.84. The number of carboxylic acids is 1. The number of aliphatic carboxylic acids is 1. The van der Waals surface area contributed by atoms with Crippen molar-refractivity contribution in [1.82, 2.24) is 0 Å². The Labute approximate surface area is 135 Å². The molecule has 0 bridgehead atoms. The van der Waals surface area contributed by atoms with E-state index < -0.39 is 5.97 Å². The number of hydrogen-bond acceptors (Lipinski definition) is 1. The summed E-state index contributed by atoms with van der Waals surface area (Å²) >= 11 is 24.2. The van der Waals surface area contributed by atoms with Crippen LogP contribution >= 0.6 is 46.4 Å². The molecule has 0 saturated heterocycles. The summed E-state index contributed by atoms with van der Waals surface area (Å²) < 4.78 is 0. The summed E-state index contributed by atoms with van der Waals surface area (Å²) in [6.07, 6.45) is -0.213. The number of carboxylic acid groups (broad SMARTS) is 1. The standard InChI is InChI=1S/C14H8Cl4O2/c15-7-4-10(14(18)12(17)5-7)8-2-1-3-11(16)9(8)6-13(19)20/h1-5H,6H2,(H,19,20). The third kappa shape index (κ3) is 3.21. The zero-order chi connectivity index (χ0) is 14.9. The molecule has 0 fully saturated rings. The number of hydrogen-bond donors (Lipinski definition) is 1. The monoisotopic (exact) mass is 348 g/mol. The first-order valence-corrected chi connectivity index (χ1v) is 7.05. The number of halogens is 4. The van der Waals surface area contributed by atoms with Crippen LogP contribution in [0.5, 0.6) is 0 Å². The SMILES string of the molecule is O=C(O)Cc1c(Cl)cccc1-c1cc(Cl)cc(Cl)c1Cl. The molecule has 6 heteroatoms. The van der Waals surface area contributed by atoms with Crippen molar-refractivity contribution in [3.63, 3.8) is 0 Å². The van der Waals surface area contributed by atoms with Crippen LogP contribution in [0.15, 0.2) is 30.3 Å². The second kappa shape index (κ2) is 6.23. The number of carbonyl (C=O) groups is 1. The van der Waals surface area contributed by atoms with Crippen LogP contribution in [0.1, 0.15) is 5.56 Å². The summed E-state index contributed by atoms with van der Waals surface area (Å²) in [5.74, 6) is -0.983. The molecule has 0 aliphatic heterocycles. The lowest BCUT2D eigenvalue weighted by molar-refractivity contribution is -0.136. The van der Waals surface area contributed by atoms with E-state index in [1.165, 1.54) is 6.07 Å². The molecular weight excluding hydrogens is 342 g/mol. The smallest absolute Gasteiger partial charge is 0.307 e. The highest BCUT2D eigenvalue weighted by atomic mass is 35.5. The first-order valence-electron chi connectivity index (χ1n) is 5.54. The van der Waals surface area contributed by atoms with Gasteiger partial charge in [-0.25, -0.2) is 0 Å². The normalized spacial score (nSPS) is 10.6. The number of rotatable bonds is 3. The van der Waals surface area contributed by atoms with Crippen LogP contribution in [0.4, 0.5) is 0 Å². The van der Waals surface area contributed by atoms with Crippen LogP contribution in [-0.4, -0.2) is 11.1 Å². The fourth-order valence-electron chi connectivity index (χ4n) is 1.89. The summed E-state index contributed by atoms with van der Waals surface area (Å²) in [5.41, 5.74) is 1.64. The molecule has 0 atom stereocenters. The molecular formula is C14H8Cl4O2. The van der Waals surface area contributed by atoms with E-state index in [9.17, 15) is 4.79 Å². The molecule has 0 heterocycles. The van der Waals surface area contributed by atoms with Gasteiger partial charge in [0.15, 0.2) is 0 Å². The molecule has 2 aromatic carbocycles.